The van der Waals surface area contributed by atoms with Crippen molar-refractivity contribution in [2.45, 2.75) is 0 Å². The number of aromatic nitrogens is 1. The molecular weight excluding hydrogens is 337 g/mol. The molecule has 3 N–H and O–H groups in total. The molecule has 126 valence electrons. The number of ether oxygens (including phenoxy) is 1. The summed E-state index contributed by atoms with van der Waals surface area (Å²) < 4.78 is 5.09. The third-order valence-corrected chi connectivity index (χ3v) is 4.23. The van der Waals surface area contributed by atoms with Crippen molar-refractivity contribution in [3.8, 4) is 17.0 Å². The van der Waals surface area contributed by atoms with Gasteiger partial charge in [0.1, 0.15) is 5.75 Å². The highest BCUT2D eigenvalue weighted by Gasteiger charge is 2.16. The van der Waals surface area contributed by atoms with Crippen LogP contribution in [0.5, 0.6) is 5.75 Å². The second kappa shape index (κ2) is 7.93. The Kier molecular flexibility index (Phi) is 5.44. The van der Waals surface area contributed by atoms with Crippen LogP contribution < -0.4 is 15.6 Å². The van der Waals surface area contributed by atoms with E-state index in [2.05, 4.69) is 15.5 Å². The summed E-state index contributed by atoms with van der Waals surface area (Å²) in [5, 5.41) is 25.5. The Bertz CT molecular complexity index is 869. The molecule has 0 bridgehead atoms. The lowest BCUT2D eigenvalue weighted by molar-refractivity contribution is 0.403. The van der Waals surface area contributed by atoms with Gasteiger partial charge < -0.3 is 14.8 Å². The van der Waals surface area contributed by atoms with E-state index in [1.807, 2.05) is 35.7 Å². The minimum absolute atomic E-state index is 0.284. The van der Waals surface area contributed by atoms with Crippen LogP contribution in [0, 0.1) is 0 Å². The molecule has 6 nitrogen and oxygen atoms in total. The van der Waals surface area contributed by atoms with Gasteiger partial charge in [0, 0.05) is 16.4 Å². The topological polar surface area (TPSA) is 87.0 Å². The largest absolute Gasteiger partial charge is 0.497 e. The molecule has 0 aliphatic heterocycles. The number of nitrogens with one attached hydrogen (secondary N) is 1. The van der Waals surface area contributed by atoms with Crippen molar-refractivity contribution < 1.29 is 14.8 Å². The van der Waals surface area contributed by atoms with E-state index in [9.17, 15) is 10.0 Å². The fraction of sp³-hybridized carbons (Fsp3) is 0.0588. The van der Waals surface area contributed by atoms with Gasteiger partial charge in [0.15, 0.2) is 0 Å². The molecule has 0 radical (unpaired) electrons. The molecule has 0 spiro atoms. The molecule has 0 aliphatic carbocycles. The second-order valence-electron chi connectivity index (χ2n) is 5.15. The minimum atomic E-state index is -1.61. The third-order valence-electron chi connectivity index (χ3n) is 3.48. The van der Waals surface area contributed by atoms with E-state index in [1.165, 1.54) is 18.4 Å². The molecule has 0 atom stereocenters. The Balaban J connectivity index is 1.70. The van der Waals surface area contributed by atoms with E-state index in [0.717, 1.165) is 11.3 Å². The Hall–Kier alpha value is -2.68. The summed E-state index contributed by atoms with van der Waals surface area (Å²) in [7, 11) is -0.132. The van der Waals surface area contributed by atoms with Gasteiger partial charge in [0.25, 0.3) is 0 Å². The van der Waals surface area contributed by atoms with Gasteiger partial charge in [-0.15, -0.1) is 11.3 Å². The number of nitrogens with zero attached hydrogens (tertiary/aromatic N) is 2. The van der Waals surface area contributed by atoms with Crippen molar-refractivity contribution in [2.75, 3.05) is 12.5 Å². The number of rotatable bonds is 6. The van der Waals surface area contributed by atoms with Gasteiger partial charge in [-0.3, -0.25) is 5.43 Å². The SMILES string of the molecule is COc1ccc(C=NNc2nc(-c3ccccc3)cs2)cc1B(O)O. The number of methoxy groups -OCH3 is 1. The summed E-state index contributed by atoms with van der Waals surface area (Å²) in [6.07, 6.45) is 1.58. The quantitative estimate of drug-likeness (QED) is 0.358. The minimum Gasteiger partial charge on any atom is -0.497 e. The average molecular weight is 353 g/mol. The molecule has 2 aromatic carbocycles. The second-order valence-corrected chi connectivity index (χ2v) is 6.01. The molecule has 0 fully saturated rings. The van der Waals surface area contributed by atoms with Crippen LogP contribution in [0.15, 0.2) is 59.0 Å². The number of thiazole rings is 1. The van der Waals surface area contributed by atoms with Gasteiger partial charge >= 0.3 is 7.12 Å². The standard InChI is InChI=1S/C17H16BN3O3S/c1-24-16-8-7-12(9-14(16)18(22)23)10-19-21-17-20-15(11-25-17)13-5-3-2-4-6-13/h2-11,22-23H,1H3,(H,20,21). The summed E-state index contributed by atoms with van der Waals surface area (Å²) in [5.74, 6) is 0.410. The van der Waals surface area contributed by atoms with Crippen molar-refractivity contribution in [3.05, 3.63) is 59.5 Å². The molecule has 3 aromatic rings. The van der Waals surface area contributed by atoms with Crippen LogP contribution in [0.3, 0.4) is 0 Å². The zero-order chi connectivity index (χ0) is 17.6. The molecule has 0 unspecified atom stereocenters. The van der Waals surface area contributed by atoms with Crippen LogP contribution in [0.4, 0.5) is 5.13 Å². The summed E-state index contributed by atoms with van der Waals surface area (Å²) in [6.45, 7) is 0. The lowest BCUT2D eigenvalue weighted by Gasteiger charge is -2.08. The van der Waals surface area contributed by atoms with E-state index in [4.69, 9.17) is 4.74 Å². The number of hydrogen-bond acceptors (Lipinski definition) is 7. The molecule has 3 rings (SSSR count). The number of hydrazone groups is 1. The molecule has 0 amide bonds. The lowest BCUT2D eigenvalue weighted by atomic mass is 9.79. The van der Waals surface area contributed by atoms with Crippen LogP contribution in [-0.2, 0) is 0 Å². The lowest BCUT2D eigenvalue weighted by Crippen LogP contribution is -2.31. The van der Waals surface area contributed by atoms with E-state index in [-0.39, 0.29) is 5.46 Å². The smallest absolute Gasteiger partial charge is 0.492 e. The van der Waals surface area contributed by atoms with Crippen LogP contribution in [0.2, 0.25) is 0 Å². The Morgan fingerprint density at radius 2 is 2.00 bits per heavy atom. The molecule has 1 heterocycles. The molecular formula is C17H16BN3O3S. The molecule has 0 saturated heterocycles. The van der Waals surface area contributed by atoms with Crippen LogP contribution in [-0.4, -0.2) is 35.5 Å². The van der Waals surface area contributed by atoms with Gasteiger partial charge in [0.2, 0.25) is 5.13 Å². The van der Waals surface area contributed by atoms with Crippen molar-refractivity contribution in [3.63, 3.8) is 0 Å². The van der Waals surface area contributed by atoms with Crippen molar-refractivity contribution in [1.29, 1.82) is 0 Å². The van der Waals surface area contributed by atoms with Crippen LogP contribution in [0.1, 0.15) is 5.56 Å². The average Bonchev–Trinajstić information content (AvgIpc) is 3.11. The highest BCUT2D eigenvalue weighted by molar-refractivity contribution is 7.14. The zero-order valence-electron chi connectivity index (χ0n) is 13.5. The maximum absolute atomic E-state index is 9.38. The van der Waals surface area contributed by atoms with Crippen molar-refractivity contribution in [1.82, 2.24) is 4.98 Å². The first-order valence-electron chi connectivity index (χ1n) is 7.51. The number of anilines is 1. The summed E-state index contributed by atoms with van der Waals surface area (Å²) in [6, 6.07) is 14.9. The number of hydrogen-bond donors (Lipinski definition) is 3. The van der Waals surface area contributed by atoms with E-state index >= 15 is 0 Å². The number of benzene rings is 2. The molecule has 0 aliphatic rings. The van der Waals surface area contributed by atoms with Gasteiger partial charge in [-0.05, 0) is 23.8 Å². The fourth-order valence-electron chi connectivity index (χ4n) is 2.26. The van der Waals surface area contributed by atoms with E-state index in [1.54, 1.807) is 24.4 Å². The summed E-state index contributed by atoms with van der Waals surface area (Å²) in [4.78, 5) is 4.48. The maximum Gasteiger partial charge on any atom is 0.492 e. The van der Waals surface area contributed by atoms with Crippen LogP contribution in [0.25, 0.3) is 11.3 Å². The first kappa shape index (κ1) is 17.2. The predicted molar refractivity (Wildman–Crippen MR) is 102 cm³/mol. The molecule has 0 saturated carbocycles. The molecule has 25 heavy (non-hydrogen) atoms. The molecule has 1 aromatic heterocycles. The van der Waals surface area contributed by atoms with E-state index in [0.29, 0.717) is 16.4 Å². The maximum atomic E-state index is 9.38. The monoisotopic (exact) mass is 353 g/mol. The fourth-order valence-corrected chi connectivity index (χ4v) is 2.93. The van der Waals surface area contributed by atoms with Crippen molar-refractivity contribution >= 4 is 35.3 Å². The van der Waals surface area contributed by atoms with Gasteiger partial charge in [0.05, 0.1) is 19.0 Å². The van der Waals surface area contributed by atoms with Gasteiger partial charge in [-0.1, -0.05) is 30.3 Å². The van der Waals surface area contributed by atoms with Gasteiger partial charge in [-0.25, -0.2) is 4.98 Å². The zero-order valence-corrected chi connectivity index (χ0v) is 14.3. The summed E-state index contributed by atoms with van der Waals surface area (Å²) >= 11 is 1.46. The predicted octanol–water partition coefficient (Wildman–Crippen LogP) is 1.94. The first-order valence-corrected chi connectivity index (χ1v) is 8.39. The van der Waals surface area contributed by atoms with E-state index < -0.39 is 7.12 Å². The Morgan fingerprint density at radius 1 is 1.20 bits per heavy atom. The third kappa shape index (κ3) is 4.24. The highest BCUT2D eigenvalue weighted by atomic mass is 32.1. The molecule has 8 heteroatoms. The Labute approximate surface area is 149 Å². The normalized spacial score (nSPS) is 10.8. The highest BCUT2D eigenvalue weighted by Crippen LogP contribution is 2.24. The summed E-state index contributed by atoms with van der Waals surface area (Å²) in [5.41, 5.74) is 5.81. The van der Waals surface area contributed by atoms with Gasteiger partial charge in [-0.2, -0.15) is 5.10 Å². The Morgan fingerprint density at radius 3 is 2.72 bits per heavy atom. The first-order chi connectivity index (χ1) is 12.2. The van der Waals surface area contributed by atoms with Crippen molar-refractivity contribution in [2.24, 2.45) is 5.10 Å². The van der Waals surface area contributed by atoms with Crippen LogP contribution >= 0.6 is 11.3 Å².